The number of hydrogen-bond acceptors (Lipinski definition) is 5. The topological polar surface area (TPSA) is 75.8 Å². The minimum atomic E-state index is -0.400. The molecule has 0 bridgehead atoms. The van der Waals surface area contributed by atoms with Gasteiger partial charge in [0.1, 0.15) is 5.75 Å². The lowest BCUT2D eigenvalue weighted by Crippen LogP contribution is -2.29. The molecule has 0 aliphatic heterocycles. The highest BCUT2D eigenvalue weighted by Crippen LogP contribution is 2.26. The van der Waals surface area contributed by atoms with E-state index in [1.54, 1.807) is 12.1 Å². The molecule has 0 aliphatic rings. The van der Waals surface area contributed by atoms with Crippen molar-refractivity contribution in [2.75, 3.05) is 19.7 Å². The summed E-state index contributed by atoms with van der Waals surface area (Å²) in [5.74, 6) is 0.647. The van der Waals surface area contributed by atoms with Crippen LogP contribution in [0.15, 0.2) is 48.5 Å². The molecule has 140 valence electrons. The van der Waals surface area contributed by atoms with Crippen LogP contribution in [0.4, 0.5) is 5.69 Å². The molecule has 0 amide bonds. The Morgan fingerprint density at radius 1 is 1.15 bits per heavy atom. The van der Waals surface area contributed by atoms with Crippen molar-refractivity contribution in [2.45, 2.75) is 32.9 Å². The second-order valence-electron chi connectivity index (χ2n) is 6.45. The van der Waals surface area contributed by atoms with Crippen LogP contribution in [-0.4, -0.2) is 40.7 Å². The Balaban J connectivity index is 2.16. The van der Waals surface area contributed by atoms with E-state index in [0.717, 1.165) is 18.5 Å². The normalized spacial score (nSPS) is 11.1. The lowest BCUT2D eigenvalue weighted by Gasteiger charge is -2.23. The van der Waals surface area contributed by atoms with Gasteiger partial charge in [-0.2, -0.15) is 0 Å². The fourth-order valence-electron chi connectivity index (χ4n) is 2.76. The first-order valence-electron chi connectivity index (χ1n) is 8.80. The van der Waals surface area contributed by atoms with Gasteiger partial charge in [0.2, 0.25) is 0 Å². The van der Waals surface area contributed by atoms with E-state index in [-0.39, 0.29) is 18.4 Å². The van der Waals surface area contributed by atoms with Crippen molar-refractivity contribution in [1.29, 1.82) is 0 Å². The predicted octanol–water partition coefficient (Wildman–Crippen LogP) is 3.42. The third-order valence-electron chi connectivity index (χ3n) is 3.99. The van der Waals surface area contributed by atoms with Crippen molar-refractivity contribution in [1.82, 2.24) is 4.90 Å². The average Bonchev–Trinajstić information content (AvgIpc) is 2.61. The van der Waals surface area contributed by atoms with E-state index in [9.17, 15) is 15.2 Å². The van der Waals surface area contributed by atoms with Gasteiger partial charge in [0.05, 0.1) is 17.6 Å². The second kappa shape index (κ2) is 9.89. The van der Waals surface area contributed by atoms with E-state index in [1.807, 2.05) is 32.0 Å². The lowest BCUT2D eigenvalue weighted by atomic mass is 10.1. The highest BCUT2D eigenvalue weighted by atomic mass is 16.6. The van der Waals surface area contributed by atoms with Crippen LogP contribution in [0.1, 0.15) is 25.0 Å². The van der Waals surface area contributed by atoms with Crippen molar-refractivity contribution in [3.63, 3.8) is 0 Å². The Morgan fingerprint density at radius 2 is 1.88 bits per heavy atom. The maximum Gasteiger partial charge on any atom is 0.270 e. The van der Waals surface area contributed by atoms with Gasteiger partial charge in [-0.1, -0.05) is 30.3 Å². The summed E-state index contributed by atoms with van der Waals surface area (Å²) in [6.07, 6.45) is 0.821. The fraction of sp³-hybridized carbons (Fsp3) is 0.400. The van der Waals surface area contributed by atoms with Crippen LogP contribution in [0, 0.1) is 10.1 Å². The molecule has 0 spiro atoms. The van der Waals surface area contributed by atoms with Crippen LogP contribution in [-0.2, 0) is 13.0 Å². The summed E-state index contributed by atoms with van der Waals surface area (Å²) in [4.78, 5) is 12.8. The summed E-state index contributed by atoms with van der Waals surface area (Å²) >= 11 is 0. The monoisotopic (exact) mass is 358 g/mol. The third-order valence-corrected chi connectivity index (χ3v) is 3.99. The van der Waals surface area contributed by atoms with Crippen LogP contribution in [0.25, 0.3) is 0 Å². The average molecular weight is 358 g/mol. The number of nitrogens with zero attached hydrogens (tertiary/aromatic N) is 2. The van der Waals surface area contributed by atoms with Crippen LogP contribution >= 0.6 is 0 Å². The minimum absolute atomic E-state index is 0.0224. The molecule has 0 fully saturated rings. The number of rotatable bonds is 10. The number of aliphatic hydroxyl groups excluding tert-OH is 1. The maximum atomic E-state index is 11.1. The van der Waals surface area contributed by atoms with Gasteiger partial charge in [-0.05, 0) is 31.9 Å². The van der Waals surface area contributed by atoms with E-state index in [2.05, 4.69) is 17.0 Å². The van der Waals surface area contributed by atoms with Gasteiger partial charge in [-0.15, -0.1) is 0 Å². The summed E-state index contributed by atoms with van der Waals surface area (Å²) in [6, 6.07) is 14.8. The van der Waals surface area contributed by atoms with E-state index in [1.165, 1.54) is 11.6 Å². The molecular weight excluding hydrogens is 332 g/mol. The lowest BCUT2D eigenvalue weighted by molar-refractivity contribution is -0.385. The number of nitro groups is 1. The molecule has 2 aromatic rings. The number of hydrogen-bond donors (Lipinski definition) is 1. The van der Waals surface area contributed by atoms with Crippen LogP contribution < -0.4 is 4.74 Å². The molecule has 0 aliphatic carbocycles. The molecule has 0 heterocycles. The van der Waals surface area contributed by atoms with Gasteiger partial charge in [0.15, 0.2) is 0 Å². The predicted molar refractivity (Wildman–Crippen MR) is 101 cm³/mol. The largest absolute Gasteiger partial charge is 0.491 e. The molecule has 2 aromatic carbocycles. The Bertz CT molecular complexity index is 704. The molecule has 2 rings (SSSR count). The number of benzene rings is 2. The summed E-state index contributed by atoms with van der Waals surface area (Å²) in [5, 5.41) is 20.5. The highest BCUT2D eigenvalue weighted by Gasteiger charge is 2.16. The van der Waals surface area contributed by atoms with Gasteiger partial charge in [-0.25, -0.2) is 0 Å². The fourth-order valence-corrected chi connectivity index (χ4v) is 2.76. The van der Waals surface area contributed by atoms with Crippen LogP contribution in [0.3, 0.4) is 0 Å². The van der Waals surface area contributed by atoms with Crippen molar-refractivity contribution < 1.29 is 14.8 Å². The first-order chi connectivity index (χ1) is 12.5. The number of nitro benzene ring substituents is 1. The van der Waals surface area contributed by atoms with E-state index in [4.69, 9.17) is 4.74 Å². The summed E-state index contributed by atoms with van der Waals surface area (Å²) in [6.45, 7) is 5.60. The number of non-ortho nitro benzene ring substituents is 1. The Kier molecular flexibility index (Phi) is 7.56. The van der Waals surface area contributed by atoms with E-state index < -0.39 is 4.92 Å². The second-order valence-corrected chi connectivity index (χ2v) is 6.45. The molecule has 0 saturated carbocycles. The zero-order valence-corrected chi connectivity index (χ0v) is 15.3. The summed E-state index contributed by atoms with van der Waals surface area (Å²) in [5.41, 5.74) is 2.02. The van der Waals surface area contributed by atoms with Gasteiger partial charge in [0.25, 0.3) is 5.69 Å². The Hall–Kier alpha value is -2.44. The molecule has 0 atom stereocenters. The molecule has 0 saturated heterocycles. The Morgan fingerprint density at radius 3 is 2.50 bits per heavy atom. The van der Waals surface area contributed by atoms with E-state index >= 15 is 0 Å². The first-order valence-corrected chi connectivity index (χ1v) is 8.80. The highest BCUT2D eigenvalue weighted by molar-refractivity contribution is 5.44. The zero-order valence-electron chi connectivity index (χ0n) is 15.3. The van der Waals surface area contributed by atoms with Crippen molar-refractivity contribution in [3.8, 4) is 5.75 Å². The van der Waals surface area contributed by atoms with Crippen LogP contribution in [0.2, 0.25) is 0 Å². The molecule has 6 heteroatoms. The van der Waals surface area contributed by atoms with Crippen molar-refractivity contribution in [3.05, 3.63) is 69.8 Å². The minimum Gasteiger partial charge on any atom is -0.491 e. The van der Waals surface area contributed by atoms with Crippen molar-refractivity contribution >= 4 is 5.69 Å². The molecule has 26 heavy (non-hydrogen) atoms. The van der Waals surface area contributed by atoms with Gasteiger partial charge < -0.3 is 9.84 Å². The van der Waals surface area contributed by atoms with Crippen LogP contribution in [0.5, 0.6) is 5.75 Å². The molecule has 1 N–H and O–H groups in total. The molecule has 0 unspecified atom stereocenters. The summed E-state index contributed by atoms with van der Waals surface area (Å²) < 4.78 is 5.81. The zero-order chi connectivity index (χ0) is 18.9. The molecular formula is C20H26N2O4. The number of ether oxygens (including phenoxy) is 1. The third kappa shape index (κ3) is 6.13. The van der Waals surface area contributed by atoms with Gasteiger partial charge in [-0.3, -0.25) is 15.0 Å². The maximum absolute atomic E-state index is 11.1. The number of aliphatic hydroxyl groups is 1. The SMILES string of the molecule is CC(C)Oc1ccc([N+](=O)[O-])cc1CN(CCO)CCc1ccccc1. The standard InChI is InChI=1S/C20H26N2O4/c1-16(2)26-20-9-8-19(22(24)25)14-18(20)15-21(12-13-23)11-10-17-6-4-3-5-7-17/h3-9,14,16,23H,10-13,15H2,1-2H3. The molecule has 0 aromatic heterocycles. The van der Waals surface area contributed by atoms with Crippen molar-refractivity contribution in [2.24, 2.45) is 0 Å². The quantitative estimate of drug-likeness (QED) is 0.520. The smallest absolute Gasteiger partial charge is 0.270 e. The van der Waals surface area contributed by atoms with Gasteiger partial charge in [0, 0.05) is 37.3 Å². The molecule has 6 nitrogen and oxygen atoms in total. The van der Waals surface area contributed by atoms with Gasteiger partial charge >= 0.3 is 0 Å². The Labute approximate surface area is 154 Å². The summed E-state index contributed by atoms with van der Waals surface area (Å²) in [7, 11) is 0. The van der Waals surface area contributed by atoms with E-state index in [0.29, 0.717) is 18.8 Å². The molecule has 0 radical (unpaired) electrons. The first kappa shape index (κ1) is 19.9.